The van der Waals surface area contributed by atoms with Crippen molar-refractivity contribution in [1.29, 1.82) is 0 Å². The molecule has 164 valence electrons. The van der Waals surface area contributed by atoms with Crippen LogP contribution in [-0.2, 0) is 27.3 Å². The van der Waals surface area contributed by atoms with Gasteiger partial charge in [-0.3, -0.25) is 0 Å². The highest BCUT2D eigenvalue weighted by atomic mass is 35.5. The molecule has 0 aliphatic carbocycles. The number of aryl methyl sites for hydroxylation is 4. The predicted octanol–water partition coefficient (Wildman–Crippen LogP) is -3.75. The van der Waals surface area contributed by atoms with Gasteiger partial charge in [-0.05, 0) is 25.0 Å². The Labute approximate surface area is 187 Å². The van der Waals surface area contributed by atoms with E-state index in [2.05, 4.69) is 73.5 Å². The lowest BCUT2D eigenvalue weighted by molar-refractivity contribution is -0.704. The molecular weight excluding hydrogens is 411 g/mol. The van der Waals surface area contributed by atoms with Crippen molar-refractivity contribution in [2.24, 2.45) is 0 Å². The van der Waals surface area contributed by atoms with E-state index in [-0.39, 0.29) is 24.8 Å². The second-order valence-corrected chi connectivity index (χ2v) is 6.91. The Morgan fingerprint density at radius 2 is 0.931 bits per heavy atom. The number of hydrogen-bond acceptors (Lipinski definition) is 3. The molecule has 2 heterocycles. The zero-order valence-corrected chi connectivity index (χ0v) is 19.5. The van der Waals surface area contributed by atoms with Gasteiger partial charge < -0.3 is 39.0 Å². The number of aromatic nitrogens is 2. The number of halogens is 2. The third kappa shape index (κ3) is 10.9. The summed E-state index contributed by atoms with van der Waals surface area (Å²) in [6.45, 7) is 14.0. The summed E-state index contributed by atoms with van der Waals surface area (Å²) in [5, 5.41) is 0. The van der Waals surface area contributed by atoms with Gasteiger partial charge in [0.2, 0.25) is 0 Å². The summed E-state index contributed by atoms with van der Waals surface area (Å²) in [6, 6.07) is 8.60. The van der Waals surface area contributed by atoms with Gasteiger partial charge in [-0.2, -0.15) is 0 Å². The number of rotatable bonds is 12. The maximum Gasteiger partial charge on any atom is 0.178 e. The topological polar surface area (TPSA) is 35.5 Å². The molecule has 0 saturated heterocycles. The summed E-state index contributed by atoms with van der Waals surface area (Å²) in [7, 11) is 0. The highest BCUT2D eigenvalue weighted by Gasteiger charge is 2.06. The molecule has 7 heteroatoms. The fourth-order valence-electron chi connectivity index (χ4n) is 2.94. The number of ether oxygens (including phenoxy) is 3. The van der Waals surface area contributed by atoms with Crippen LogP contribution in [0, 0.1) is 27.7 Å². The van der Waals surface area contributed by atoms with Gasteiger partial charge in [-0.25, -0.2) is 9.13 Å². The van der Waals surface area contributed by atoms with E-state index in [0.717, 1.165) is 13.1 Å². The highest BCUT2D eigenvalue weighted by Crippen LogP contribution is 1.97. The summed E-state index contributed by atoms with van der Waals surface area (Å²) in [4.78, 5) is 0. The summed E-state index contributed by atoms with van der Waals surface area (Å²) in [6.07, 6.45) is 4.22. The molecule has 0 spiro atoms. The minimum atomic E-state index is 0. The molecule has 0 N–H and O–H groups in total. The van der Waals surface area contributed by atoms with Crippen LogP contribution in [0.15, 0.2) is 36.7 Å². The maximum absolute atomic E-state index is 5.64. The van der Waals surface area contributed by atoms with Crippen molar-refractivity contribution in [2.75, 3.05) is 39.6 Å². The van der Waals surface area contributed by atoms with Crippen LogP contribution in [0.2, 0.25) is 0 Å². The van der Waals surface area contributed by atoms with Gasteiger partial charge in [-0.1, -0.05) is 0 Å². The molecule has 0 aliphatic heterocycles. The highest BCUT2D eigenvalue weighted by molar-refractivity contribution is 5.09. The Balaban J connectivity index is 0.00000392. The Morgan fingerprint density at radius 1 is 0.586 bits per heavy atom. The van der Waals surface area contributed by atoms with Crippen molar-refractivity contribution in [3.05, 3.63) is 59.2 Å². The number of pyridine rings is 2. The van der Waals surface area contributed by atoms with Gasteiger partial charge in [0.1, 0.15) is 13.2 Å². The molecule has 0 bridgehead atoms. The molecule has 0 unspecified atom stereocenters. The van der Waals surface area contributed by atoms with Gasteiger partial charge >= 0.3 is 0 Å². The number of hydrogen-bond donors (Lipinski definition) is 0. The third-order valence-electron chi connectivity index (χ3n) is 4.51. The fourth-order valence-corrected chi connectivity index (χ4v) is 2.94. The van der Waals surface area contributed by atoms with E-state index in [1.165, 1.54) is 22.5 Å². The van der Waals surface area contributed by atoms with E-state index in [4.69, 9.17) is 14.2 Å². The van der Waals surface area contributed by atoms with E-state index < -0.39 is 0 Å². The first-order valence-corrected chi connectivity index (χ1v) is 9.73. The first-order valence-electron chi connectivity index (χ1n) is 9.73. The van der Waals surface area contributed by atoms with Gasteiger partial charge in [-0.15, -0.1) is 0 Å². The van der Waals surface area contributed by atoms with Crippen LogP contribution in [0.1, 0.15) is 22.5 Å². The van der Waals surface area contributed by atoms with Crippen LogP contribution >= 0.6 is 0 Å². The summed E-state index contributed by atoms with van der Waals surface area (Å²) < 4.78 is 21.2. The van der Waals surface area contributed by atoms with Crippen molar-refractivity contribution in [2.45, 2.75) is 40.8 Å². The van der Waals surface area contributed by atoms with Crippen molar-refractivity contribution >= 4 is 0 Å². The Kier molecular flexibility index (Phi) is 14.9. The molecular formula is C22H34Cl2N2O3. The molecule has 2 rings (SSSR count). The minimum absolute atomic E-state index is 0. The average Bonchev–Trinajstić information content (AvgIpc) is 2.62. The predicted molar refractivity (Wildman–Crippen MR) is 105 cm³/mol. The molecule has 0 radical (unpaired) electrons. The lowest BCUT2D eigenvalue weighted by Gasteiger charge is -2.06. The Bertz CT molecular complexity index is 655. The van der Waals surface area contributed by atoms with Crippen LogP contribution in [0.25, 0.3) is 0 Å². The first-order chi connectivity index (χ1) is 13.1. The smallest absolute Gasteiger partial charge is 0.178 e. The van der Waals surface area contributed by atoms with Crippen molar-refractivity contribution in [1.82, 2.24) is 0 Å². The molecule has 29 heavy (non-hydrogen) atoms. The fraction of sp³-hybridized carbons (Fsp3) is 0.545. The summed E-state index contributed by atoms with van der Waals surface area (Å²) in [5.41, 5.74) is 5.08. The zero-order valence-electron chi connectivity index (χ0n) is 18.0. The maximum atomic E-state index is 5.64. The molecule has 0 atom stereocenters. The third-order valence-corrected chi connectivity index (χ3v) is 4.51. The first kappa shape index (κ1) is 27.8. The monoisotopic (exact) mass is 444 g/mol. The Morgan fingerprint density at radius 3 is 1.28 bits per heavy atom. The van der Waals surface area contributed by atoms with Gasteiger partial charge in [0.15, 0.2) is 36.9 Å². The molecule has 5 nitrogen and oxygen atoms in total. The van der Waals surface area contributed by atoms with Crippen LogP contribution < -0.4 is 33.9 Å². The van der Waals surface area contributed by atoms with Crippen LogP contribution in [0.4, 0.5) is 0 Å². The molecule has 2 aromatic heterocycles. The van der Waals surface area contributed by atoms with E-state index in [1.807, 2.05) is 0 Å². The van der Waals surface area contributed by atoms with Gasteiger partial charge in [0.05, 0.1) is 26.4 Å². The second-order valence-electron chi connectivity index (χ2n) is 6.91. The van der Waals surface area contributed by atoms with Crippen molar-refractivity contribution < 1.29 is 48.2 Å². The molecule has 0 aromatic carbocycles. The average molecular weight is 445 g/mol. The van der Waals surface area contributed by atoms with E-state index in [1.54, 1.807) is 0 Å². The molecule has 0 amide bonds. The molecule has 0 aliphatic rings. The molecule has 0 saturated carbocycles. The normalized spacial score (nSPS) is 10.3. The van der Waals surface area contributed by atoms with Gasteiger partial charge in [0, 0.05) is 38.1 Å². The van der Waals surface area contributed by atoms with E-state index in [9.17, 15) is 0 Å². The Hall–Kier alpha value is -1.24. The van der Waals surface area contributed by atoms with Crippen LogP contribution in [0.3, 0.4) is 0 Å². The lowest BCUT2D eigenvalue weighted by atomic mass is 10.2. The van der Waals surface area contributed by atoms with Crippen molar-refractivity contribution in [3.63, 3.8) is 0 Å². The molecule has 2 aromatic rings. The lowest BCUT2D eigenvalue weighted by Crippen LogP contribution is -3.00. The minimum Gasteiger partial charge on any atom is -1.00 e. The van der Waals surface area contributed by atoms with Gasteiger partial charge in [0.25, 0.3) is 0 Å². The van der Waals surface area contributed by atoms with Crippen LogP contribution in [-0.4, -0.2) is 39.6 Å². The second kappa shape index (κ2) is 15.6. The van der Waals surface area contributed by atoms with E-state index in [0.29, 0.717) is 39.6 Å². The van der Waals surface area contributed by atoms with Crippen molar-refractivity contribution in [3.8, 4) is 0 Å². The summed E-state index contributed by atoms with van der Waals surface area (Å²) >= 11 is 0. The molecule has 0 fully saturated rings. The SMILES string of the molecule is Cc1cc[n+](CCOCCOCCOCC[n+]2ccc(C)cc2C)c(C)c1.[Cl-].[Cl-]. The zero-order chi connectivity index (χ0) is 19.5. The quantitative estimate of drug-likeness (QED) is 0.249. The largest absolute Gasteiger partial charge is 1.00 e. The van der Waals surface area contributed by atoms with Crippen LogP contribution in [0.5, 0.6) is 0 Å². The summed E-state index contributed by atoms with van der Waals surface area (Å²) in [5.74, 6) is 0. The standard InChI is InChI=1S/C22H34N2O3.2ClH/c1-19-5-7-23(21(3)17-19)9-11-25-13-15-27-16-14-26-12-10-24-8-6-20(2)18-22(24)4;;/h5-8,17-18H,9-16H2,1-4H3;2*1H/q+2;;/p-2. The number of nitrogens with zero attached hydrogens (tertiary/aromatic N) is 2. The van der Waals surface area contributed by atoms with E-state index >= 15 is 0 Å².